The number of thiophene rings is 1. The third-order valence-electron chi connectivity index (χ3n) is 3.74. The SMILES string of the molecule is CCOC(=O)CSc1nnc(-c2csc(C)c2-c2ccccc2)n1C. The Bertz CT molecular complexity index is 872. The van der Waals surface area contributed by atoms with Gasteiger partial charge in [0.15, 0.2) is 11.0 Å². The lowest BCUT2D eigenvalue weighted by atomic mass is 10.0. The van der Waals surface area contributed by atoms with Crippen LogP contribution in [0.4, 0.5) is 0 Å². The summed E-state index contributed by atoms with van der Waals surface area (Å²) in [7, 11) is 1.92. The molecule has 0 spiro atoms. The molecule has 0 bridgehead atoms. The number of esters is 1. The van der Waals surface area contributed by atoms with Crippen LogP contribution in [0, 0.1) is 6.92 Å². The molecule has 2 heterocycles. The Morgan fingerprint density at radius 2 is 2.04 bits per heavy atom. The van der Waals surface area contributed by atoms with Crippen molar-refractivity contribution in [2.24, 2.45) is 7.05 Å². The van der Waals surface area contributed by atoms with Crippen molar-refractivity contribution in [1.29, 1.82) is 0 Å². The summed E-state index contributed by atoms with van der Waals surface area (Å²) in [5.74, 6) is 0.788. The zero-order chi connectivity index (χ0) is 17.8. The van der Waals surface area contributed by atoms with Crippen molar-refractivity contribution in [2.75, 3.05) is 12.4 Å². The van der Waals surface area contributed by atoms with Crippen molar-refractivity contribution in [3.05, 3.63) is 40.6 Å². The summed E-state index contributed by atoms with van der Waals surface area (Å²) < 4.78 is 6.89. The average Bonchev–Trinajstić information content (AvgIpc) is 3.16. The first-order valence-electron chi connectivity index (χ1n) is 7.93. The Hall–Kier alpha value is -2.12. The zero-order valence-corrected chi connectivity index (χ0v) is 16.0. The monoisotopic (exact) mass is 373 g/mol. The van der Waals surface area contributed by atoms with E-state index in [9.17, 15) is 4.79 Å². The second kappa shape index (κ2) is 7.84. The summed E-state index contributed by atoms with van der Waals surface area (Å²) in [6, 6.07) is 10.3. The maximum Gasteiger partial charge on any atom is 0.316 e. The number of hydrogen-bond donors (Lipinski definition) is 0. The molecule has 7 heteroatoms. The molecule has 3 rings (SSSR count). The Morgan fingerprint density at radius 3 is 2.76 bits per heavy atom. The highest BCUT2D eigenvalue weighted by Crippen LogP contribution is 2.38. The molecule has 5 nitrogen and oxygen atoms in total. The smallest absolute Gasteiger partial charge is 0.316 e. The number of nitrogens with zero attached hydrogens (tertiary/aromatic N) is 3. The van der Waals surface area contributed by atoms with E-state index in [1.54, 1.807) is 18.3 Å². The predicted octanol–water partition coefficient (Wildman–Crippen LogP) is 4.17. The Labute approximate surface area is 155 Å². The van der Waals surface area contributed by atoms with E-state index in [-0.39, 0.29) is 11.7 Å². The van der Waals surface area contributed by atoms with E-state index in [2.05, 4.69) is 34.6 Å². The molecular formula is C18H19N3O2S2. The fraction of sp³-hybridized carbons (Fsp3) is 0.278. The van der Waals surface area contributed by atoms with E-state index < -0.39 is 0 Å². The van der Waals surface area contributed by atoms with Crippen molar-refractivity contribution < 1.29 is 9.53 Å². The summed E-state index contributed by atoms with van der Waals surface area (Å²) in [5, 5.41) is 11.4. The van der Waals surface area contributed by atoms with Crippen LogP contribution in [0.15, 0.2) is 40.9 Å². The van der Waals surface area contributed by atoms with Gasteiger partial charge in [-0.25, -0.2) is 0 Å². The molecule has 1 aromatic carbocycles. The molecule has 0 N–H and O–H groups in total. The Balaban J connectivity index is 1.90. The molecule has 2 aromatic heterocycles. The molecule has 0 saturated heterocycles. The van der Waals surface area contributed by atoms with Gasteiger partial charge in [-0.15, -0.1) is 21.5 Å². The molecule has 0 amide bonds. The lowest BCUT2D eigenvalue weighted by Crippen LogP contribution is -2.07. The van der Waals surface area contributed by atoms with E-state index in [0.29, 0.717) is 11.8 Å². The number of rotatable bonds is 6. The highest BCUT2D eigenvalue weighted by molar-refractivity contribution is 7.99. The lowest BCUT2D eigenvalue weighted by Gasteiger charge is -2.07. The van der Waals surface area contributed by atoms with Gasteiger partial charge >= 0.3 is 5.97 Å². The molecule has 3 aromatic rings. The second-order valence-electron chi connectivity index (χ2n) is 5.41. The number of thioether (sulfide) groups is 1. The molecule has 0 saturated carbocycles. The van der Waals surface area contributed by atoms with E-state index >= 15 is 0 Å². The number of carbonyl (C=O) groups is 1. The van der Waals surface area contributed by atoms with Crippen LogP contribution in [0.2, 0.25) is 0 Å². The predicted molar refractivity (Wildman–Crippen MR) is 102 cm³/mol. The van der Waals surface area contributed by atoms with Crippen molar-refractivity contribution >= 4 is 29.1 Å². The highest BCUT2D eigenvalue weighted by Gasteiger charge is 2.19. The molecule has 0 aliphatic rings. The summed E-state index contributed by atoms with van der Waals surface area (Å²) >= 11 is 3.04. The summed E-state index contributed by atoms with van der Waals surface area (Å²) in [6.07, 6.45) is 0. The van der Waals surface area contributed by atoms with Gasteiger partial charge in [-0.1, -0.05) is 42.1 Å². The van der Waals surface area contributed by atoms with Gasteiger partial charge in [0.25, 0.3) is 0 Å². The first kappa shape index (κ1) is 17.7. The number of ether oxygens (including phenoxy) is 1. The molecule has 130 valence electrons. The topological polar surface area (TPSA) is 57.0 Å². The van der Waals surface area contributed by atoms with Gasteiger partial charge in [0.2, 0.25) is 0 Å². The number of benzene rings is 1. The van der Waals surface area contributed by atoms with Crippen LogP contribution in [0.3, 0.4) is 0 Å². The number of carbonyl (C=O) groups excluding carboxylic acids is 1. The number of aryl methyl sites for hydroxylation is 1. The maximum absolute atomic E-state index is 11.5. The van der Waals surface area contributed by atoms with Crippen molar-refractivity contribution in [3.8, 4) is 22.5 Å². The van der Waals surface area contributed by atoms with Gasteiger partial charge in [-0.05, 0) is 19.4 Å². The van der Waals surface area contributed by atoms with Gasteiger partial charge < -0.3 is 9.30 Å². The number of aromatic nitrogens is 3. The van der Waals surface area contributed by atoms with Gasteiger partial charge in [-0.3, -0.25) is 4.79 Å². The van der Waals surface area contributed by atoms with E-state index in [4.69, 9.17) is 4.74 Å². The van der Waals surface area contributed by atoms with E-state index in [0.717, 1.165) is 11.4 Å². The van der Waals surface area contributed by atoms with Gasteiger partial charge in [0, 0.05) is 28.4 Å². The molecule has 0 atom stereocenters. The average molecular weight is 374 g/mol. The highest BCUT2D eigenvalue weighted by atomic mass is 32.2. The molecular weight excluding hydrogens is 354 g/mol. The van der Waals surface area contributed by atoms with Crippen LogP contribution in [0.1, 0.15) is 11.8 Å². The van der Waals surface area contributed by atoms with Crippen LogP contribution < -0.4 is 0 Å². The van der Waals surface area contributed by atoms with Crippen LogP contribution >= 0.6 is 23.1 Å². The largest absolute Gasteiger partial charge is 0.465 e. The van der Waals surface area contributed by atoms with Crippen molar-refractivity contribution in [3.63, 3.8) is 0 Å². The normalized spacial score (nSPS) is 10.8. The minimum atomic E-state index is -0.242. The third-order valence-corrected chi connectivity index (χ3v) is 5.64. The Morgan fingerprint density at radius 1 is 1.28 bits per heavy atom. The molecule has 0 radical (unpaired) electrons. The molecule has 0 aliphatic carbocycles. The van der Waals surface area contributed by atoms with Crippen LogP contribution in [-0.4, -0.2) is 33.1 Å². The minimum Gasteiger partial charge on any atom is -0.465 e. The van der Waals surface area contributed by atoms with E-state index in [1.165, 1.54) is 27.8 Å². The Kier molecular flexibility index (Phi) is 5.55. The first-order valence-corrected chi connectivity index (χ1v) is 9.80. The molecule has 0 unspecified atom stereocenters. The number of hydrogen-bond acceptors (Lipinski definition) is 6. The van der Waals surface area contributed by atoms with Crippen LogP contribution in [0.25, 0.3) is 22.5 Å². The fourth-order valence-electron chi connectivity index (χ4n) is 2.58. The standard InChI is InChI=1S/C18H19N3O2S2/c1-4-23-15(22)11-25-18-20-19-17(21(18)3)14-10-24-12(2)16(14)13-8-6-5-7-9-13/h5-10H,4,11H2,1-3H3. The molecule has 25 heavy (non-hydrogen) atoms. The van der Waals surface area contributed by atoms with Crippen molar-refractivity contribution in [2.45, 2.75) is 19.0 Å². The van der Waals surface area contributed by atoms with Gasteiger partial charge in [0.1, 0.15) is 0 Å². The maximum atomic E-state index is 11.5. The minimum absolute atomic E-state index is 0.230. The zero-order valence-electron chi connectivity index (χ0n) is 14.4. The molecule has 0 fully saturated rings. The van der Waals surface area contributed by atoms with Crippen LogP contribution in [0.5, 0.6) is 0 Å². The lowest BCUT2D eigenvalue weighted by molar-refractivity contribution is -0.139. The fourth-order valence-corrected chi connectivity index (χ4v) is 4.16. The summed E-state index contributed by atoms with van der Waals surface area (Å²) in [5.41, 5.74) is 3.41. The molecule has 0 aliphatic heterocycles. The summed E-state index contributed by atoms with van der Waals surface area (Å²) in [4.78, 5) is 12.8. The third kappa shape index (κ3) is 3.77. The van der Waals surface area contributed by atoms with Gasteiger partial charge in [-0.2, -0.15) is 0 Å². The van der Waals surface area contributed by atoms with Gasteiger partial charge in [0.05, 0.1) is 12.4 Å². The summed E-state index contributed by atoms with van der Waals surface area (Å²) in [6.45, 7) is 4.30. The quantitative estimate of drug-likeness (QED) is 0.479. The van der Waals surface area contributed by atoms with Crippen LogP contribution in [-0.2, 0) is 16.6 Å². The van der Waals surface area contributed by atoms with Crippen molar-refractivity contribution in [1.82, 2.24) is 14.8 Å². The second-order valence-corrected chi connectivity index (χ2v) is 7.43. The van der Waals surface area contributed by atoms with E-state index in [1.807, 2.05) is 29.8 Å². The first-order chi connectivity index (χ1) is 12.1.